The van der Waals surface area contributed by atoms with Crippen molar-refractivity contribution in [1.29, 1.82) is 0 Å². The minimum absolute atomic E-state index is 0.0217. The molecule has 1 unspecified atom stereocenters. The van der Waals surface area contributed by atoms with Gasteiger partial charge in [0.25, 0.3) is 0 Å². The molecule has 9 heteroatoms. The number of nitrogens with zero attached hydrogens (tertiary/aromatic N) is 1. The van der Waals surface area contributed by atoms with E-state index in [0.717, 1.165) is 28.1 Å². The topological polar surface area (TPSA) is 110 Å². The average molecular weight is 414 g/mol. The highest BCUT2D eigenvalue weighted by Gasteiger charge is 2.31. The number of benzene rings is 1. The van der Waals surface area contributed by atoms with Crippen molar-refractivity contribution in [3.63, 3.8) is 0 Å². The highest BCUT2D eigenvalue weighted by Crippen LogP contribution is 2.40. The number of rotatable bonds is 9. The summed E-state index contributed by atoms with van der Waals surface area (Å²) in [4.78, 5) is 16.7. The van der Waals surface area contributed by atoms with Crippen molar-refractivity contribution in [2.75, 3.05) is 13.7 Å². The summed E-state index contributed by atoms with van der Waals surface area (Å²) >= 11 is 0. The third kappa shape index (κ3) is 5.50. The third-order valence-electron chi connectivity index (χ3n) is 5.32. The standard InChI is InChI=1S/C21H27BN2O6/c1-13-4-8-18-15(12-29-21(18)14(13)2)10-20(30-22(26)27)24-19(25)9-6-16-5-7-17(28-3)11-23-16/h4-5,7-8,11,15,20,26-27H,6,9-10,12H2,1-3H3,(H,24,25)/t15?,20-/m1/s1. The van der Waals surface area contributed by atoms with Gasteiger partial charge in [0.1, 0.15) is 17.7 Å². The van der Waals surface area contributed by atoms with E-state index < -0.39 is 13.5 Å². The van der Waals surface area contributed by atoms with E-state index in [-0.39, 0.29) is 18.2 Å². The predicted molar refractivity (Wildman–Crippen MR) is 111 cm³/mol. The van der Waals surface area contributed by atoms with Crippen molar-refractivity contribution < 1.29 is 29.0 Å². The fourth-order valence-electron chi connectivity index (χ4n) is 3.52. The highest BCUT2D eigenvalue weighted by molar-refractivity contribution is 6.32. The molecule has 1 aliphatic heterocycles. The molecule has 3 N–H and O–H groups in total. The Bertz CT molecular complexity index is 875. The summed E-state index contributed by atoms with van der Waals surface area (Å²) < 4.78 is 16.0. The Morgan fingerprint density at radius 2 is 2.13 bits per heavy atom. The molecule has 0 aliphatic carbocycles. The summed E-state index contributed by atoms with van der Waals surface area (Å²) in [5.41, 5.74) is 4.03. The molecule has 160 valence electrons. The fraction of sp³-hybridized carbons (Fsp3) is 0.429. The van der Waals surface area contributed by atoms with E-state index >= 15 is 0 Å². The quantitative estimate of drug-likeness (QED) is 0.423. The number of pyridine rings is 1. The number of fused-ring (bicyclic) bond motifs is 1. The highest BCUT2D eigenvalue weighted by atomic mass is 16.6. The van der Waals surface area contributed by atoms with Crippen LogP contribution in [-0.4, -0.2) is 48.2 Å². The monoisotopic (exact) mass is 414 g/mol. The van der Waals surface area contributed by atoms with Gasteiger partial charge in [-0.25, -0.2) is 0 Å². The Morgan fingerprint density at radius 3 is 2.80 bits per heavy atom. The summed E-state index contributed by atoms with van der Waals surface area (Å²) in [5.74, 6) is 1.22. The molecule has 0 saturated carbocycles. The Morgan fingerprint density at radius 1 is 1.33 bits per heavy atom. The lowest BCUT2D eigenvalue weighted by molar-refractivity contribution is -0.124. The number of hydrogen-bond donors (Lipinski definition) is 3. The van der Waals surface area contributed by atoms with Crippen LogP contribution in [0.1, 0.15) is 41.1 Å². The summed E-state index contributed by atoms with van der Waals surface area (Å²) in [6.45, 7) is 4.49. The van der Waals surface area contributed by atoms with Gasteiger partial charge < -0.3 is 29.5 Å². The van der Waals surface area contributed by atoms with Gasteiger partial charge in [-0.05, 0) is 43.5 Å². The van der Waals surface area contributed by atoms with Gasteiger partial charge >= 0.3 is 7.32 Å². The van der Waals surface area contributed by atoms with E-state index in [1.807, 2.05) is 26.0 Å². The van der Waals surface area contributed by atoms with Crippen LogP contribution in [0.3, 0.4) is 0 Å². The molecular formula is C21H27BN2O6. The van der Waals surface area contributed by atoms with Crippen LogP contribution < -0.4 is 14.8 Å². The average Bonchev–Trinajstić information content (AvgIpc) is 3.12. The maximum Gasteiger partial charge on any atom is 0.635 e. The van der Waals surface area contributed by atoms with E-state index in [1.165, 1.54) is 0 Å². The molecule has 0 fully saturated rings. The van der Waals surface area contributed by atoms with Crippen molar-refractivity contribution in [2.45, 2.75) is 45.3 Å². The number of carbonyl (C=O) groups excluding carboxylic acids is 1. The van der Waals surface area contributed by atoms with Gasteiger partial charge in [-0.15, -0.1) is 0 Å². The molecule has 3 rings (SSSR count). The van der Waals surface area contributed by atoms with Crippen molar-refractivity contribution in [3.05, 3.63) is 52.8 Å². The Labute approximate surface area is 176 Å². The van der Waals surface area contributed by atoms with E-state index in [2.05, 4.69) is 10.3 Å². The van der Waals surface area contributed by atoms with Crippen LogP contribution in [0.25, 0.3) is 0 Å². The molecule has 1 amide bonds. The number of methoxy groups -OCH3 is 1. The largest absolute Gasteiger partial charge is 0.635 e. The molecule has 0 bridgehead atoms. The van der Waals surface area contributed by atoms with Crippen LogP contribution in [-0.2, 0) is 15.9 Å². The lowest BCUT2D eigenvalue weighted by Gasteiger charge is -2.22. The normalized spacial score (nSPS) is 15.8. The minimum Gasteiger partial charge on any atom is -0.495 e. The molecule has 0 spiro atoms. The van der Waals surface area contributed by atoms with Crippen LogP contribution in [0.4, 0.5) is 0 Å². The maximum absolute atomic E-state index is 12.4. The minimum atomic E-state index is -1.99. The summed E-state index contributed by atoms with van der Waals surface area (Å²) in [5, 5.41) is 21.3. The molecule has 2 heterocycles. The number of nitrogens with one attached hydrogen (secondary N) is 1. The summed E-state index contributed by atoms with van der Waals surface area (Å²) in [7, 11) is -0.420. The maximum atomic E-state index is 12.4. The molecule has 0 radical (unpaired) electrons. The molecule has 1 aromatic carbocycles. The second-order valence-electron chi connectivity index (χ2n) is 7.38. The molecule has 1 aromatic heterocycles. The number of aromatic nitrogens is 1. The molecule has 2 aromatic rings. The predicted octanol–water partition coefficient (Wildman–Crippen LogP) is 1.63. The zero-order valence-electron chi connectivity index (χ0n) is 17.4. The fourth-order valence-corrected chi connectivity index (χ4v) is 3.52. The second-order valence-corrected chi connectivity index (χ2v) is 7.38. The Kier molecular flexibility index (Phi) is 7.31. The van der Waals surface area contributed by atoms with Gasteiger partial charge in [-0.2, -0.15) is 0 Å². The third-order valence-corrected chi connectivity index (χ3v) is 5.32. The van der Waals surface area contributed by atoms with Crippen LogP contribution in [0.5, 0.6) is 11.5 Å². The summed E-state index contributed by atoms with van der Waals surface area (Å²) in [6, 6.07) is 7.64. The second kappa shape index (κ2) is 9.93. The number of hydrogen-bond acceptors (Lipinski definition) is 7. The van der Waals surface area contributed by atoms with E-state index in [0.29, 0.717) is 25.2 Å². The van der Waals surface area contributed by atoms with Crippen LogP contribution in [0.2, 0.25) is 0 Å². The SMILES string of the molecule is COc1ccc(CCC(=O)N[C@@H](CC2COc3c2ccc(C)c3C)OB(O)O)nc1. The zero-order valence-corrected chi connectivity index (χ0v) is 17.4. The van der Waals surface area contributed by atoms with Gasteiger partial charge in [0.15, 0.2) is 0 Å². The Hall–Kier alpha value is -2.62. The smallest absolute Gasteiger partial charge is 0.495 e. The first-order chi connectivity index (χ1) is 14.4. The Balaban J connectivity index is 1.59. The van der Waals surface area contributed by atoms with E-state index in [9.17, 15) is 14.8 Å². The number of aryl methyl sites for hydroxylation is 2. The molecule has 0 saturated heterocycles. The lowest BCUT2D eigenvalue weighted by atomic mass is 9.93. The van der Waals surface area contributed by atoms with Crippen LogP contribution >= 0.6 is 0 Å². The lowest BCUT2D eigenvalue weighted by Crippen LogP contribution is -2.42. The number of carbonyl (C=O) groups is 1. The van der Waals surface area contributed by atoms with Crippen LogP contribution in [0.15, 0.2) is 30.5 Å². The van der Waals surface area contributed by atoms with Crippen molar-refractivity contribution in [1.82, 2.24) is 10.3 Å². The molecular weight excluding hydrogens is 387 g/mol. The van der Waals surface area contributed by atoms with Gasteiger partial charge in [-0.3, -0.25) is 9.78 Å². The van der Waals surface area contributed by atoms with E-state index in [1.54, 1.807) is 25.4 Å². The van der Waals surface area contributed by atoms with Gasteiger partial charge in [0, 0.05) is 30.0 Å². The molecule has 8 nitrogen and oxygen atoms in total. The molecule has 1 aliphatic rings. The van der Waals surface area contributed by atoms with E-state index in [4.69, 9.17) is 14.1 Å². The summed E-state index contributed by atoms with van der Waals surface area (Å²) in [6.07, 6.45) is 1.74. The van der Waals surface area contributed by atoms with Crippen molar-refractivity contribution >= 4 is 13.2 Å². The first-order valence-electron chi connectivity index (χ1n) is 9.90. The molecule has 30 heavy (non-hydrogen) atoms. The zero-order chi connectivity index (χ0) is 21.7. The number of ether oxygens (including phenoxy) is 2. The van der Waals surface area contributed by atoms with Crippen molar-refractivity contribution in [3.8, 4) is 11.5 Å². The van der Waals surface area contributed by atoms with Crippen molar-refractivity contribution in [2.24, 2.45) is 0 Å². The van der Waals surface area contributed by atoms with Crippen LogP contribution in [0, 0.1) is 13.8 Å². The van der Waals surface area contributed by atoms with Gasteiger partial charge in [0.05, 0.1) is 19.9 Å². The van der Waals surface area contributed by atoms with Gasteiger partial charge in [0.2, 0.25) is 5.91 Å². The first kappa shape index (κ1) is 22.1. The van der Waals surface area contributed by atoms with Gasteiger partial charge in [-0.1, -0.05) is 12.1 Å². The first-order valence-corrected chi connectivity index (χ1v) is 9.90. The number of amides is 1. The molecule has 2 atom stereocenters.